The molecule has 5 heteroatoms. The van der Waals surface area contributed by atoms with E-state index in [0.29, 0.717) is 0 Å². The van der Waals surface area contributed by atoms with Crippen LogP contribution in [-0.2, 0) is 6.42 Å². The van der Waals surface area contributed by atoms with Crippen molar-refractivity contribution in [2.45, 2.75) is 31.8 Å². The number of urea groups is 1. The summed E-state index contributed by atoms with van der Waals surface area (Å²) in [5.41, 5.74) is 8.54. The molecule has 1 aliphatic rings. The van der Waals surface area contributed by atoms with Crippen molar-refractivity contribution in [2.24, 2.45) is 5.73 Å². The first-order valence-electron chi connectivity index (χ1n) is 9.24. The number of carbonyl (C=O) groups excluding carboxylic acids is 1. The van der Waals surface area contributed by atoms with Gasteiger partial charge < -0.3 is 21.3 Å². The second kappa shape index (κ2) is 8.23. The van der Waals surface area contributed by atoms with Crippen LogP contribution in [0.15, 0.2) is 54.6 Å². The molecule has 3 rings (SSSR count). The van der Waals surface area contributed by atoms with Crippen LogP contribution in [0.5, 0.6) is 0 Å². The fraction of sp³-hybridized carbons (Fsp3) is 0.381. The van der Waals surface area contributed by atoms with Gasteiger partial charge in [0.25, 0.3) is 0 Å². The van der Waals surface area contributed by atoms with Crippen molar-refractivity contribution < 1.29 is 4.79 Å². The molecule has 0 spiro atoms. The lowest BCUT2D eigenvalue weighted by molar-refractivity contribution is 0.155. The van der Waals surface area contributed by atoms with E-state index in [1.165, 1.54) is 5.56 Å². The molecular formula is C21H28N4O. The number of carbonyl (C=O) groups is 1. The van der Waals surface area contributed by atoms with Gasteiger partial charge >= 0.3 is 6.03 Å². The summed E-state index contributed by atoms with van der Waals surface area (Å²) < 4.78 is 0. The lowest BCUT2D eigenvalue weighted by atomic mass is 9.95. The molecule has 26 heavy (non-hydrogen) atoms. The van der Waals surface area contributed by atoms with Crippen LogP contribution in [0.1, 0.15) is 24.0 Å². The number of hydrogen-bond acceptors (Lipinski definition) is 3. The second-order valence-electron chi connectivity index (χ2n) is 7.09. The van der Waals surface area contributed by atoms with Gasteiger partial charge in [0, 0.05) is 38.2 Å². The van der Waals surface area contributed by atoms with Crippen LogP contribution in [0.25, 0.3) is 0 Å². The topological polar surface area (TPSA) is 70.4 Å². The zero-order valence-electron chi connectivity index (χ0n) is 15.4. The van der Waals surface area contributed by atoms with Crippen LogP contribution < -0.4 is 16.4 Å². The number of hydrogen-bond donors (Lipinski definition) is 3. The average molecular weight is 352 g/mol. The van der Waals surface area contributed by atoms with Gasteiger partial charge in [-0.2, -0.15) is 0 Å². The lowest BCUT2D eigenvalue weighted by Gasteiger charge is -2.43. The SMILES string of the molecule is Cc1ccccc1NC1(NC(N)=O)CCN(CCc2ccccc2)CC1. The van der Waals surface area contributed by atoms with E-state index in [1.807, 2.05) is 24.3 Å². The molecule has 138 valence electrons. The Kier molecular flexibility index (Phi) is 5.78. The smallest absolute Gasteiger partial charge is 0.313 e. The number of benzene rings is 2. The number of nitrogens with zero attached hydrogens (tertiary/aromatic N) is 1. The molecule has 1 fully saturated rings. The van der Waals surface area contributed by atoms with Crippen molar-refractivity contribution >= 4 is 11.7 Å². The summed E-state index contributed by atoms with van der Waals surface area (Å²) in [6.45, 7) is 4.94. The molecule has 4 N–H and O–H groups in total. The highest BCUT2D eigenvalue weighted by Gasteiger charge is 2.35. The average Bonchev–Trinajstić information content (AvgIpc) is 2.64. The Bertz CT molecular complexity index is 724. The Hall–Kier alpha value is -2.53. The second-order valence-corrected chi connectivity index (χ2v) is 7.09. The Balaban J connectivity index is 1.61. The van der Waals surface area contributed by atoms with Crippen LogP contribution in [-0.4, -0.2) is 36.2 Å². The van der Waals surface area contributed by atoms with Gasteiger partial charge in [-0.1, -0.05) is 48.5 Å². The van der Waals surface area contributed by atoms with E-state index in [4.69, 9.17) is 5.73 Å². The Morgan fingerprint density at radius 3 is 2.38 bits per heavy atom. The predicted octanol–water partition coefficient (Wildman–Crippen LogP) is 3.11. The van der Waals surface area contributed by atoms with Crippen LogP contribution in [0.4, 0.5) is 10.5 Å². The van der Waals surface area contributed by atoms with Gasteiger partial charge in [0.15, 0.2) is 0 Å². The molecule has 0 atom stereocenters. The number of para-hydroxylation sites is 1. The molecule has 1 aliphatic heterocycles. The third-order valence-electron chi connectivity index (χ3n) is 5.15. The molecule has 1 heterocycles. The molecule has 0 aliphatic carbocycles. The van der Waals surface area contributed by atoms with Crippen molar-refractivity contribution in [3.8, 4) is 0 Å². The highest BCUT2D eigenvalue weighted by Crippen LogP contribution is 2.26. The Labute approximate surface area is 155 Å². The molecule has 2 amide bonds. The molecule has 0 radical (unpaired) electrons. The zero-order valence-corrected chi connectivity index (χ0v) is 15.4. The number of amides is 2. The number of nitrogens with two attached hydrogens (primary N) is 1. The molecule has 5 nitrogen and oxygen atoms in total. The van der Waals surface area contributed by atoms with Crippen LogP contribution in [0.2, 0.25) is 0 Å². The first-order valence-corrected chi connectivity index (χ1v) is 9.24. The first-order chi connectivity index (χ1) is 12.6. The number of likely N-dealkylation sites (tertiary alicyclic amines) is 1. The van der Waals surface area contributed by atoms with Crippen molar-refractivity contribution in [3.05, 3.63) is 65.7 Å². The summed E-state index contributed by atoms with van der Waals surface area (Å²) in [5, 5.41) is 6.52. The van der Waals surface area contributed by atoms with Gasteiger partial charge in [-0.05, 0) is 30.5 Å². The number of nitrogens with one attached hydrogen (secondary N) is 2. The van der Waals surface area contributed by atoms with E-state index in [-0.39, 0.29) is 0 Å². The highest BCUT2D eigenvalue weighted by atomic mass is 16.2. The number of piperidine rings is 1. The van der Waals surface area contributed by atoms with E-state index >= 15 is 0 Å². The van der Waals surface area contributed by atoms with Gasteiger partial charge in [0.2, 0.25) is 0 Å². The van der Waals surface area contributed by atoms with Crippen molar-refractivity contribution in [1.82, 2.24) is 10.2 Å². The van der Waals surface area contributed by atoms with Crippen molar-refractivity contribution in [2.75, 3.05) is 25.0 Å². The molecule has 0 bridgehead atoms. The maximum atomic E-state index is 11.6. The van der Waals surface area contributed by atoms with E-state index in [9.17, 15) is 4.79 Å². The fourth-order valence-corrected chi connectivity index (χ4v) is 3.58. The summed E-state index contributed by atoms with van der Waals surface area (Å²) in [7, 11) is 0. The molecule has 2 aromatic carbocycles. The first kappa shape index (κ1) is 18.3. The standard InChI is InChI=1S/C21H28N4O/c1-17-7-5-6-10-19(17)23-21(24-20(22)26)12-15-25(16-13-21)14-11-18-8-3-2-4-9-18/h2-10,23H,11-16H2,1H3,(H3,22,24,26). The maximum Gasteiger partial charge on any atom is 0.313 e. The summed E-state index contributed by atoms with van der Waals surface area (Å²) in [4.78, 5) is 14.0. The van der Waals surface area contributed by atoms with Crippen molar-refractivity contribution in [3.63, 3.8) is 0 Å². The Morgan fingerprint density at radius 1 is 1.08 bits per heavy atom. The summed E-state index contributed by atoms with van der Waals surface area (Å²) in [6, 6.07) is 18.2. The van der Waals surface area contributed by atoms with E-state index < -0.39 is 11.7 Å². The minimum absolute atomic E-state index is 0.483. The van der Waals surface area contributed by atoms with Crippen LogP contribution in [0.3, 0.4) is 0 Å². The zero-order chi connectivity index (χ0) is 18.4. The molecule has 0 unspecified atom stereocenters. The maximum absolute atomic E-state index is 11.6. The molecule has 0 aromatic heterocycles. The van der Waals surface area contributed by atoms with E-state index in [2.05, 4.69) is 52.8 Å². The molecule has 1 saturated heterocycles. The monoisotopic (exact) mass is 352 g/mol. The molecular weight excluding hydrogens is 324 g/mol. The summed E-state index contributed by atoms with van der Waals surface area (Å²) in [5.74, 6) is 0. The minimum atomic E-state index is -0.485. The fourth-order valence-electron chi connectivity index (χ4n) is 3.58. The number of anilines is 1. The minimum Gasteiger partial charge on any atom is -0.362 e. The third-order valence-corrected chi connectivity index (χ3v) is 5.15. The van der Waals surface area contributed by atoms with Gasteiger partial charge in [-0.15, -0.1) is 0 Å². The van der Waals surface area contributed by atoms with E-state index in [0.717, 1.165) is 50.1 Å². The number of primary amides is 1. The summed E-state index contributed by atoms with van der Waals surface area (Å²) in [6.07, 6.45) is 2.68. The number of rotatable bonds is 6. The quantitative estimate of drug-likeness (QED) is 0.700. The van der Waals surface area contributed by atoms with E-state index in [1.54, 1.807) is 0 Å². The van der Waals surface area contributed by atoms with Crippen LogP contribution >= 0.6 is 0 Å². The third kappa shape index (κ3) is 4.76. The van der Waals surface area contributed by atoms with Crippen molar-refractivity contribution in [1.29, 1.82) is 0 Å². The van der Waals surface area contributed by atoms with Gasteiger partial charge in [-0.25, -0.2) is 4.79 Å². The Morgan fingerprint density at radius 2 is 1.73 bits per heavy atom. The number of aryl methyl sites for hydroxylation is 1. The summed E-state index contributed by atoms with van der Waals surface area (Å²) >= 11 is 0. The van der Waals surface area contributed by atoms with Gasteiger partial charge in [0.1, 0.15) is 5.66 Å². The molecule has 0 saturated carbocycles. The predicted molar refractivity (Wildman–Crippen MR) is 106 cm³/mol. The lowest BCUT2D eigenvalue weighted by Crippen LogP contribution is -2.61. The highest BCUT2D eigenvalue weighted by molar-refractivity contribution is 5.73. The van der Waals surface area contributed by atoms with Crippen LogP contribution in [0, 0.1) is 6.92 Å². The normalized spacial score (nSPS) is 16.8. The van der Waals surface area contributed by atoms with Gasteiger partial charge in [-0.3, -0.25) is 0 Å². The molecule has 2 aromatic rings. The van der Waals surface area contributed by atoms with Gasteiger partial charge in [0.05, 0.1) is 0 Å². The largest absolute Gasteiger partial charge is 0.362 e.